The standard InChI is InChI=1S/C56H64N8O16S2/c1-29-15-19-31(20-16-29)81(65,66)73-27-25-71-33-23-24-34(72-26-28-74-82(67,68)32-21-17-30(2)18-22-32)36-35(33)43-57-44(36)59-50-42-40(78-54(9,10)56(12,70-14)80-42)48(64-50)62-46-38-37(75-51(3,4)52(5,6)76-38)45(60-46)61-47-39-41(49(58-43)63-47)79-55(11,69-13)53(7,8)77-39/h15-24H,25-28H2,1-14H3,(H4,57,58,59,60,61,62,63,64)/t55-,56-/m1/s1. The van der Waals surface area contributed by atoms with Gasteiger partial charge in [0.1, 0.15) is 55.0 Å². The SMILES string of the molecule is CO[C@]1(C)Oc2c3[nH]c(c2OC1(C)C)N=C1N=C(Nc2[nH]c(c4c2OC(C)(C)[C@](C)(OC)O4)NC2=NC(=N3)c3c(OCCOS(=O)(=O)c4ccc(C)cc4)ccc(OCCOS(=O)(=O)c4ccc(C)cc4)c32)C2=C1OC(C)(C)C(C)(C)O2. The summed E-state index contributed by atoms with van der Waals surface area (Å²) in [5.74, 6) is -0.464. The van der Waals surface area contributed by atoms with Crippen molar-refractivity contribution in [2.45, 2.75) is 127 Å². The minimum atomic E-state index is -4.19. The van der Waals surface area contributed by atoms with E-state index >= 15 is 0 Å². The second-order valence-electron chi connectivity index (χ2n) is 22.4. The molecule has 0 radical (unpaired) electrons. The van der Waals surface area contributed by atoms with Crippen LogP contribution in [0.1, 0.15) is 91.5 Å². The van der Waals surface area contributed by atoms with E-state index in [9.17, 15) is 16.8 Å². The number of aryl methyl sites for hydroxylation is 2. The highest BCUT2D eigenvalue weighted by Crippen LogP contribution is 2.56. The first-order chi connectivity index (χ1) is 38.5. The summed E-state index contributed by atoms with van der Waals surface area (Å²) in [5, 5.41) is 6.81. The molecule has 6 aliphatic rings. The number of benzene rings is 3. The monoisotopic (exact) mass is 1170 g/mol. The van der Waals surface area contributed by atoms with Crippen LogP contribution in [0.5, 0.6) is 34.5 Å². The van der Waals surface area contributed by atoms with E-state index in [1.54, 1.807) is 64.1 Å². The number of anilines is 2. The highest BCUT2D eigenvalue weighted by molar-refractivity contribution is 7.87. The maximum Gasteiger partial charge on any atom is 0.297 e. The lowest BCUT2D eigenvalue weighted by Gasteiger charge is -2.45. The van der Waals surface area contributed by atoms with Crippen molar-refractivity contribution >= 4 is 66.9 Å². The number of aromatic amines is 2. The van der Waals surface area contributed by atoms with Gasteiger partial charge < -0.3 is 68.0 Å². The van der Waals surface area contributed by atoms with Crippen LogP contribution in [0.2, 0.25) is 0 Å². The molecule has 436 valence electrons. The van der Waals surface area contributed by atoms with Gasteiger partial charge in [0.15, 0.2) is 46.1 Å². The molecule has 6 aliphatic heterocycles. The van der Waals surface area contributed by atoms with Crippen LogP contribution in [0, 0.1) is 13.8 Å². The summed E-state index contributed by atoms with van der Waals surface area (Å²) >= 11 is 0. The zero-order valence-electron chi connectivity index (χ0n) is 47.7. The van der Waals surface area contributed by atoms with Crippen LogP contribution >= 0.6 is 0 Å². The average Bonchev–Trinajstić information content (AvgIpc) is 4.22. The first-order valence-corrected chi connectivity index (χ1v) is 29.1. The van der Waals surface area contributed by atoms with Crippen LogP contribution in [-0.2, 0) is 47.5 Å². The minimum Gasteiger partial charge on any atom is -0.490 e. The van der Waals surface area contributed by atoms with Gasteiger partial charge in [-0.05, 0) is 106 Å². The lowest BCUT2D eigenvalue weighted by molar-refractivity contribution is -0.252. The number of ether oxygens (including phenoxy) is 10. The Morgan fingerprint density at radius 3 is 1.40 bits per heavy atom. The van der Waals surface area contributed by atoms with E-state index in [-0.39, 0.29) is 127 Å². The van der Waals surface area contributed by atoms with Gasteiger partial charge in [-0.2, -0.15) is 16.8 Å². The molecule has 8 heterocycles. The average molecular weight is 1170 g/mol. The third-order valence-corrected chi connectivity index (χ3v) is 18.2. The zero-order chi connectivity index (χ0) is 58.7. The first kappa shape index (κ1) is 56.3. The number of aliphatic imine (C=N–C) groups is 4. The Balaban J connectivity index is 1.09. The van der Waals surface area contributed by atoms with Crippen LogP contribution in [0.15, 0.2) is 102 Å². The predicted molar refractivity (Wildman–Crippen MR) is 301 cm³/mol. The molecule has 24 nitrogen and oxygen atoms in total. The molecule has 2 aromatic heterocycles. The molecule has 82 heavy (non-hydrogen) atoms. The number of H-pyrrole nitrogens is 2. The molecule has 0 spiro atoms. The molecule has 8 bridgehead atoms. The van der Waals surface area contributed by atoms with Gasteiger partial charge in [-0.3, -0.25) is 8.37 Å². The molecule has 0 saturated carbocycles. The smallest absolute Gasteiger partial charge is 0.297 e. The number of methoxy groups -OCH3 is 2. The fraction of sp³-hybridized carbons (Fsp3) is 0.429. The first-order valence-electron chi connectivity index (χ1n) is 26.2. The second-order valence-corrected chi connectivity index (χ2v) is 25.6. The van der Waals surface area contributed by atoms with Gasteiger partial charge in [-0.15, -0.1) is 0 Å². The van der Waals surface area contributed by atoms with Gasteiger partial charge in [0.05, 0.1) is 20.9 Å². The Labute approximate surface area is 474 Å². The molecular formula is C56H64N8O16S2. The lowest BCUT2D eigenvalue weighted by Crippen LogP contribution is -2.59. The van der Waals surface area contributed by atoms with Crippen LogP contribution in [-0.4, -0.2) is 125 Å². The van der Waals surface area contributed by atoms with Gasteiger partial charge in [-0.1, -0.05) is 35.4 Å². The van der Waals surface area contributed by atoms with Crippen molar-refractivity contribution in [3.63, 3.8) is 0 Å². The van der Waals surface area contributed by atoms with Crippen LogP contribution in [0.25, 0.3) is 0 Å². The van der Waals surface area contributed by atoms with Gasteiger partial charge in [0.25, 0.3) is 20.2 Å². The van der Waals surface area contributed by atoms with E-state index < -0.39 is 67.4 Å². The molecule has 0 fully saturated rings. The summed E-state index contributed by atoms with van der Waals surface area (Å²) in [6, 6.07) is 15.7. The quantitative estimate of drug-likeness (QED) is 0.0596. The number of amidine groups is 4. The Morgan fingerprint density at radius 1 is 0.451 bits per heavy atom. The van der Waals surface area contributed by atoms with E-state index in [0.717, 1.165) is 11.1 Å². The van der Waals surface area contributed by atoms with Crippen molar-refractivity contribution in [3.05, 3.63) is 94.4 Å². The summed E-state index contributed by atoms with van der Waals surface area (Å²) in [6.45, 7) is 20.6. The predicted octanol–water partition coefficient (Wildman–Crippen LogP) is 8.99. The van der Waals surface area contributed by atoms with Crippen molar-refractivity contribution < 1.29 is 72.6 Å². The summed E-state index contributed by atoms with van der Waals surface area (Å²) in [4.78, 5) is 27.0. The van der Waals surface area contributed by atoms with Crippen molar-refractivity contribution in [2.24, 2.45) is 20.0 Å². The highest BCUT2D eigenvalue weighted by Gasteiger charge is 2.56. The molecule has 11 rings (SSSR count). The number of rotatable bonds is 14. The Kier molecular flexibility index (Phi) is 13.4. The fourth-order valence-corrected chi connectivity index (χ4v) is 11.1. The Bertz CT molecular complexity index is 3840. The van der Waals surface area contributed by atoms with Gasteiger partial charge in [0, 0.05) is 28.1 Å². The van der Waals surface area contributed by atoms with Crippen molar-refractivity contribution in [3.8, 4) is 34.5 Å². The summed E-state index contributed by atoms with van der Waals surface area (Å²) < 4.78 is 130. The Morgan fingerprint density at radius 2 is 0.878 bits per heavy atom. The van der Waals surface area contributed by atoms with E-state index in [2.05, 4.69) is 20.6 Å². The Hall–Kier alpha value is -7.62. The molecule has 2 atom stereocenters. The van der Waals surface area contributed by atoms with Crippen molar-refractivity contribution in [1.82, 2.24) is 9.97 Å². The van der Waals surface area contributed by atoms with Gasteiger partial charge in [-0.25, -0.2) is 20.0 Å². The van der Waals surface area contributed by atoms with Crippen molar-refractivity contribution in [1.29, 1.82) is 0 Å². The van der Waals surface area contributed by atoms with E-state index in [1.165, 1.54) is 38.5 Å². The molecule has 3 aromatic carbocycles. The van der Waals surface area contributed by atoms with Gasteiger partial charge >= 0.3 is 0 Å². The molecule has 0 aliphatic carbocycles. The molecule has 5 aromatic rings. The summed E-state index contributed by atoms with van der Waals surface area (Å²) in [6.07, 6.45) is 0. The number of nitrogens with one attached hydrogen (secondary N) is 4. The lowest BCUT2D eigenvalue weighted by atomic mass is 9.88. The number of nitrogens with zero attached hydrogens (tertiary/aromatic N) is 4. The third-order valence-electron chi connectivity index (χ3n) is 15.6. The van der Waals surface area contributed by atoms with E-state index in [4.69, 9.17) is 75.7 Å². The van der Waals surface area contributed by atoms with E-state index in [1.807, 2.05) is 55.4 Å². The molecule has 0 unspecified atom stereocenters. The second kappa shape index (κ2) is 19.5. The maximum absolute atomic E-state index is 13.3. The topological polar surface area (TPSA) is 284 Å². The third kappa shape index (κ3) is 9.56. The number of aromatic nitrogens is 2. The van der Waals surface area contributed by atoms with Gasteiger partial charge in [0.2, 0.25) is 51.9 Å². The largest absolute Gasteiger partial charge is 0.490 e. The number of hydrogen-bond donors (Lipinski definition) is 4. The van der Waals surface area contributed by atoms with E-state index in [0.29, 0.717) is 0 Å². The molecule has 0 amide bonds. The van der Waals surface area contributed by atoms with Crippen molar-refractivity contribution in [2.75, 3.05) is 51.3 Å². The maximum atomic E-state index is 13.3. The van der Waals surface area contributed by atoms with Crippen LogP contribution < -0.4 is 39.1 Å². The molecule has 26 heteroatoms. The summed E-state index contributed by atoms with van der Waals surface area (Å²) in [7, 11) is -5.38. The number of fused-ring (bicyclic) bond motifs is 17. The highest BCUT2D eigenvalue weighted by atomic mass is 32.2. The molecular weight excluding hydrogens is 1100 g/mol. The minimum absolute atomic E-state index is 0.00906. The van der Waals surface area contributed by atoms with Crippen LogP contribution in [0.4, 0.5) is 23.3 Å². The molecule has 4 N–H and O–H groups in total. The number of hydrogen-bond acceptors (Lipinski definition) is 22. The zero-order valence-corrected chi connectivity index (χ0v) is 49.4. The fourth-order valence-electron chi connectivity index (χ4n) is 9.29. The normalized spacial score (nSPS) is 22.2. The summed E-state index contributed by atoms with van der Waals surface area (Å²) in [5.41, 5.74) is -1.84. The molecule has 0 saturated heterocycles. The van der Waals surface area contributed by atoms with Crippen LogP contribution in [0.3, 0.4) is 0 Å².